The molecule has 0 nitrogen and oxygen atoms in total. The first-order chi connectivity index (χ1) is 9.36. The van der Waals surface area contributed by atoms with Crippen LogP contribution >= 0.6 is 0 Å². The second-order valence-corrected chi connectivity index (χ2v) is 5.29. The molecule has 1 aromatic carbocycles. The minimum absolute atomic E-state index is 0.620. The Kier molecular flexibility index (Phi) is 5.20. The van der Waals surface area contributed by atoms with Gasteiger partial charge in [-0.3, -0.25) is 0 Å². The van der Waals surface area contributed by atoms with Crippen molar-refractivity contribution in [3.05, 3.63) is 66.8 Å². The number of benzene rings is 1. The summed E-state index contributed by atoms with van der Waals surface area (Å²) >= 11 is 0. The maximum absolute atomic E-state index is 3.81. The van der Waals surface area contributed by atoms with Crippen molar-refractivity contribution in [1.29, 1.82) is 0 Å². The maximum Gasteiger partial charge on any atom is 0.00301 e. The Morgan fingerprint density at radius 3 is 2.53 bits per heavy atom. The fourth-order valence-electron chi connectivity index (χ4n) is 2.91. The van der Waals surface area contributed by atoms with Gasteiger partial charge < -0.3 is 0 Å². The highest BCUT2D eigenvalue weighted by atomic mass is 14.3. The molecule has 0 radical (unpaired) electrons. The summed E-state index contributed by atoms with van der Waals surface area (Å²) in [5, 5.41) is 0. The average Bonchev–Trinajstić information content (AvgIpc) is 2.79. The van der Waals surface area contributed by atoms with Crippen LogP contribution in [0.4, 0.5) is 0 Å². The predicted octanol–water partition coefficient (Wildman–Crippen LogP) is 5.88. The van der Waals surface area contributed by atoms with Gasteiger partial charge in [-0.2, -0.15) is 0 Å². The van der Waals surface area contributed by atoms with Crippen molar-refractivity contribution in [2.75, 3.05) is 0 Å². The molecule has 0 spiro atoms. The number of fused-ring (bicyclic) bond motifs is 1. The van der Waals surface area contributed by atoms with Crippen molar-refractivity contribution in [3.63, 3.8) is 0 Å². The molecule has 2 rings (SSSR count). The van der Waals surface area contributed by atoms with Gasteiger partial charge in [0.15, 0.2) is 0 Å². The van der Waals surface area contributed by atoms with Crippen LogP contribution in [0.2, 0.25) is 0 Å². The molecule has 0 fully saturated rings. The van der Waals surface area contributed by atoms with Crippen LogP contribution in [0.5, 0.6) is 0 Å². The van der Waals surface area contributed by atoms with Crippen LogP contribution in [-0.2, 0) is 0 Å². The second kappa shape index (κ2) is 7.13. The molecular weight excluding hydrogens is 228 g/mol. The lowest BCUT2D eigenvalue weighted by Crippen LogP contribution is -1.92. The molecule has 0 amide bonds. The Labute approximate surface area is 117 Å². The molecule has 1 aliphatic carbocycles. The van der Waals surface area contributed by atoms with Gasteiger partial charge in [-0.1, -0.05) is 42.5 Å². The Morgan fingerprint density at radius 1 is 1.00 bits per heavy atom. The van der Waals surface area contributed by atoms with Crippen LogP contribution in [0.15, 0.2) is 55.7 Å². The summed E-state index contributed by atoms with van der Waals surface area (Å²) in [5.41, 5.74) is 4.55. The smallest absolute Gasteiger partial charge is 0.00301 e. The minimum atomic E-state index is 0.620. The zero-order valence-electron chi connectivity index (χ0n) is 11.8. The molecule has 1 unspecified atom stereocenters. The van der Waals surface area contributed by atoms with E-state index in [1.165, 1.54) is 36.8 Å². The van der Waals surface area contributed by atoms with E-state index >= 15 is 0 Å². The largest absolute Gasteiger partial charge is 0.103 e. The summed E-state index contributed by atoms with van der Waals surface area (Å²) in [6.45, 7) is 7.61. The van der Waals surface area contributed by atoms with Gasteiger partial charge in [0.25, 0.3) is 0 Å². The van der Waals surface area contributed by atoms with Gasteiger partial charge in [0.05, 0.1) is 0 Å². The molecule has 0 heterocycles. The van der Waals surface area contributed by atoms with Gasteiger partial charge in [0, 0.05) is 5.92 Å². The van der Waals surface area contributed by atoms with Crippen LogP contribution in [0, 0.1) is 0 Å². The highest BCUT2D eigenvalue weighted by Crippen LogP contribution is 2.40. The third-order valence-corrected chi connectivity index (χ3v) is 3.89. The molecule has 100 valence electrons. The summed E-state index contributed by atoms with van der Waals surface area (Å²) in [6.07, 6.45) is 13.6. The monoisotopic (exact) mass is 252 g/mol. The zero-order valence-corrected chi connectivity index (χ0v) is 11.8. The summed E-state index contributed by atoms with van der Waals surface area (Å²) in [5.74, 6) is 0.620. The van der Waals surface area contributed by atoms with E-state index in [2.05, 4.69) is 43.5 Å². The lowest BCUT2D eigenvalue weighted by Gasteiger charge is -2.09. The highest BCUT2D eigenvalue weighted by Gasteiger charge is 2.21. The lowest BCUT2D eigenvalue weighted by atomic mass is 9.95. The first-order valence-corrected chi connectivity index (χ1v) is 7.38. The summed E-state index contributed by atoms with van der Waals surface area (Å²) in [7, 11) is 0. The zero-order chi connectivity index (χ0) is 13.5. The number of allylic oxidation sites excluding steroid dienone is 4. The maximum atomic E-state index is 3.81. The fraction of sp³-hybridized carbons (Fsp3) is 0.368. The molecule has 0 heteroatoms. The Bertz CT molecular complexity index is 465. The Hall–Kier alpha value is -1.56. The number of rotatable bonds is 8. The molecule has 0 bridgehead atoms. The van der Waals surface area contributed by atoms with Crippen LogP contribution in [0.1, 0.15) is 55.6 Å². The van der Waals surface area contributed by atoms with E-state index in [9.17, 15) is 0 Å². The third kappa shape index (κ3) is 3.47. The van der Waals surface area contributed by atoms with Crippen LogP contribution < -0.4 is 0 Å². The fourth-order valence-corrected chi connectivity index (χ4v) is 2.91. The topological polar surface area (TPSA) is 0 Å². The van der Waals surface area contributed by atoms with E-state index in [0.717, 1.165) is 12.8 Å². The van der Waals surface area contributed by atoms with E-state index in [4.69, 9.17) is 0 Å². The molecule has 0 saturated heterocycles. The molecule has 1 aromatic rings. The molecule has 0 saturated carbocycles. The number of hydrogen-bond acceptors (Lipinski definition) is 0. The van der Waals surface area contributed by atoms with E-state index in [1.807, 2.05) is 12.2 Å². The van der Waals surface area contributed by atoms with E-state index in [0.29, 0.717) is 5.92 Å². The van der Waals surface area contributed by atoms with Crippen molar-refractivity contribution in [1.82, 2.24) is 0 Å². The predicted molar refractivity (Wildman–Crippen MR) is 85.3 cm³/mol. The van der Waals surface area contributed by atoms with Crippen molar-refractivity contribution in [2.24, 2.45) is 0 Å². The van der Waals surface area contributed by atoms with Gasteiger partial charge >= 0.3 is 0 Å². The normalized spacial score (nSPS) is 16.8. The number of unbranched alkanes of at least 4 members (excludes halogenated alkanes) is 2. The molecule has 1 aliphatic rings. The highest BCUT2D eigenvalue weighted by molar-refractivity contribution is 5.74. The summed E-state index contributed by atoms with van der Waals surface area (Å²) < 4.78 is 0. The summed E-state index contributed by atoms with van der Waals surface area (Å²) in [4.78, 5) is 0. The van der Waals surface area contributed by atoms with Gasteiger partial charge in [0.2, 0.25) is 0 Å². The van der Waals surface area contributed by atoms with Crippen LogP contribution in [0.3, 0.4) is 0 Å². The standard InChI is InChI=1S/C19H24/c1-3-5-7-11-16-15-17(12-8-6-4-2)19-14-10-9-13-18(16)19/h3-4,9-10,13-16H,1-2,5-8,11-12H2. The van der Waals surface area contributed by atoms with E-state index in [1.54, 1.807) is 5.57 Å². The van der Waals surface area contributed by atoms with E-state index < -0.39 is 0 Å². The molecule has 1 atom stereocenters. The first-order valence-electron chi connectivity index (χ1n) is 7.38. The number of hydrogen-bond donors (Lipinski definition) is 0. The van der Waals surface area contributed by atoms with Gasteiger partial charge in [-0.05, 0) is 55.2 Å². The van der Waals surface area contributed by atoms with E-state index in [-0.39, 0.29) is 0 Å². The molecular formula is C19H24. The van der Waals surface area contributed by atoms with Gasteiger partial charge in [0.1, 0.15) is 0 Å². The summed E-state index contributed by atoms with van der Waals surface area (Å²) in [6, 6.07) is 8.90. The lowest BCUT2D eigenvalue weighted by molar-refractivity contribution is 0.691. The minimum Gasteiger partial charge on any atom is -0.103 e. The molecule has 19 heavy (non-hydrogen) atoms. The van der Waals surface area contributed by atoms with Crippen molar-refractivity contribution >= 4 is 5.57 Å². The van der Waals surface area contributed by atoms with Crippen molar-refractivity contribution < 1.29 is 0 Å². The Morgan fingerprint density at radius 2 is 1.74 bits per heavy atom. The molecule has 0 aromatic heterocycles. The van der Waals surface area contributed by atoms with Crippen molar-refractivity contribution in [3.8, 4) is 0 Å². The van der Waals surface area contributed by atoms with Gasteiger partial charge in [-0.15, -0.1) is 13.2 Å². The molecule has 0 aliphatic heterocycles. The molecule has 0 N–H and O–H groups in total. The average molecular weight is 252 g/mol. The van der Waals surface area contributed by atoms with Crippen LogP contribution in [0.25, 0.3) is 5.57 Å². The second-order valence-electron chi connectivity index (χ2n) is 5.29. The Balaban J connectivity index is 2.07. The quantitative estimate of drug-likeness (QED) is 0.400. The SMILES string of the molecule is C=CCCCC1=CC(CCCC=C)c2ccccc21. The first kappa shape index (κ1) is 13.9. The third-order valence-electron chi connectivity index (χ3n) is 3.89. The van der Waals surface area contributed by atoms with Crippen LogP contribution in [-0.4, -0.2) is 0 Å². The van der Waals surface area contributed by atoms with Gasteiger partial charge in [-0.25, -0.2) is 0 Å². The van der Waals surface area contributed by atoms with Crippen molar-refractivity contribution in [2.45, 2.75) is 44.4 Å².